The summed E-state index contributed by atoms with van der Waals surface area (Å²) in [5.41, 5.74) is 7.47. The highest BCUT2D eigenvalue weighted by atomic mass is 15.1. The molecule has 0 aliphatic heterocycles. The maximum Gasteiger partial charge on any atom is 0.154 e. The van der Waals surface area contributed by atoms with Gasteiger partial charge < -0.3 is 5.73 Å². The minimum atomic E-state index is 0.426. The average Bonchev–Trinajstić information content (AvgIpc) is 2.20. The highest BCUT2D eigenvalue weighted by molar-refractivity contribution is 5.72. The zero-order valence-electron chi connectivity index (χ0n) is 6.88. The Kier molecular flexibility index (Phi) is 1.88. The Hall–Kier alpha value is -1.97. The molecule has 0 atom stereocenters. The van der Waals surface area contributed by atoms with Crippen LogP contribution >= 0.6 is 0 Å². The molecule has 2 aromatic rings. The molecule has 0 aliphatic rings. The van der Waals surface area contributed by atoms with E-state index in [-0.39, 0.29) is 0 Å². The summed E-state index contributed by atoms with van der Waals surface area (Å²) in [4.78, 5) is 4.00. The third kappa shape index (κ3) is 1.46. The van der Waals surface area contributed by atoms with E-state index in [0.29, 0.717) is 5.82 Å². The first-order valence-corrected chi connectivity index (χ1v) is 3.85. The fourth-order valence-electron chi connectivity index (χ4n) is 1.11. The molecule has 0 fully saturated rings. The lowest BCUT2D eigenvalue weighted by molar-refractivity contribution is 1.04. The predicted octanol–water partition coefficient (Wildman–Crippen LogP) is 1.12. The third-order valence-electron chi connectivity index (χ3n) is 1.72. The van der Waals surface area contributed by atoms with Crippen molar-refractivity contribution in [1.82, 2.24) is 15.2 Å². The second kappa shape index (κ2) is 3.18. The molecule has 2 rings (SSSR count). The Morgan fingerprint density at radius 2 is 2.08 bits per heavy atom. The number of rotatable bonds is 1. The van der Waals surface area contributed by atoms with Gasteiger partial charge in [0.25, 0.3) is 0 Å². The highest BCUT2D eigenvalue weighted by Crippen LogP contribution is 2.21. The summed E-state index contributed by atoms with van der Waals surface area (Å²) >= 11 is 0. The molecule has 0 spiro atoms. The fraction of sp³-hybridized carbons (Fsp3) is 0. The van der Waals surface area contributed by atoms with Crippen molar-refractivity contribution in [2.75, 3.05) is 5.73 Å². The van der Waals surface area contributed by atoms with Gasteiger partial charge in [0.05, 0.1) is 6.20 Å². The molecule has 0 aliphatic carbocycles. The minimum absolute atomic E-state index is 0.426. The predicted molar refractivity (Wildman–Crippen MR) is 49.7 cm³/mol. The van der Waals surface area contributed by atoms with E-state index in [1.807, 2.05) is 18.2 Å². The van der Waals surface area contributed by atoms with E-state index in [1.54, 1.807) is 18.6 Å². The van der Waals surface area contributed by atoms with Crippen molar-refractivity contribution in [3.63, 3.8) is 0 Å². The Bertz CT molecular complexity index is 399. The molecule has 4 nitrogen and oxygen atoms in total. The first kappa shape index (κ1) is 7.67. The van der Waals surface area contributed by atoms with Gasteiger partial charge in [0.2, 0.25) is 0 Å². The van der Waals surface area contributed by atoms with Gasteiger partial charge in [0, 0.05) is 23.5 Å². The summed E-state index contributed by atoms with van der Waals surface area (Å²) in [6.45, 7) is 0. The first-order valence-electron chi connectivity index (χ1n) is 3.85. The van der Waals surface area contributed by atoms with Crippen molar-refractivity contribution in [2.45, 2.75) is 0 Å². The number of nitrogens with zero attached hydrogens (tertiary/aromatic N) is 3. The molecule has 2 heterocycles. The zero-order valence-corrected chi connectivity index (χ0v) is 6.88. The molecule has 2 aromatic heterocycles. The summed E-state index contributed by atoms with van der Waals surface area (Å²) in [7, 11) is 0. The number of aromatic nitrogens is 3. The lowest BCUT2D eigenvalue weighted by Crippen LogP contribution is -1.95. The van der Waals surface area contributed by atoms with Crippen molar-refractivity contribution < 1.29 is 0 Å². The molecular weight excluding hydrogens is 164 g/mol. The van der Waals surface area contributed by atoms with Crippen molar-refractivity contribution >= 4 is 5.82 Å². The Morgan fingerprint density at radius 3 is 2.77 bits per heavy atom. The van der Waals surface area contributed by atoms with E-state index in [2.05, 4.69) is 15.2 Å². The van der Waals surface area contributed by atoms with E-state index >= 15 is 0 Å². The van der Waals surface area contributed by atoms with Gasteiger partial charge in [-0.25, -0.2) is 0 Å². The molecular formula is C9H8N4. The van der Waals surface area contributed by atoms with Crippen molar-refractivity contribution in [2.24, 2.45) is 0 Å². The molecule has 0 aromatic carbocycles. The van der Waals surface area contributed by atoms with Gasteiger partial charge in [0.15, 0.2) is 5.82 Å². The van der Waals surface area contributed by atoms with Gasteiger partial charge in [0.1, 0.15) is 0 Å². The number of anilines is 1. The van der Waals surface area contributed by atoms with Gasteiger partial charge in [-0.1, -0.05) is 6.07 Å². The quantitative estimate of drug-likeness (QED) is 0.700. The molecule has 2 N–H and O–H groups in total. The van der Waals surface area contributed by atoms with Gasteiger partial charge in [-0.2, -0.15) is 5.10 Å². The molecule has 0 radical (unpaired) electrons. The van der Waals surface area contributed by atoms with Crippen LogP contribution in [0, 0.1) is 0 Å². The summed E-state index contributed by atoms with van der Waals surface area (Å²) in [5, 5.41) is 7.43. The largest absolute Gasteiger partial charge is 0.382 e. The van der Waals surface area contributed by atoms with Crippen molar-refractivity contribution in [1.29, 1.82) is 0 Å². The van der Waals surface area contributed by atoms with Crippen LogP contribution in [-0.2, 0) is 0 Å². The summed E-state index contributed by atoms with van der Waals surface area (Å²) in [6, 6.07) is 5.61. The van der Waals surface area contributed by atoms with E-state index in [0.717, 1.165) is 11.1 Å². The standard InChI is InChI=1S/C9H8N4/c10-9-8(3-5-12-13-9)7-2-1-4-11-6-7/h1-6H,(H2,10,13). The molecule has 0 saturated heterocycles. The topological polar surface area (TPSA) is 64.7 Å². The molecule has 0 bridgehead atoms. The van der Waals surface area contributed by atoms with E-state index in [1.165, 1.54) is 0 Å². The molecule has 0 amide bonds. The SMILES string of the molecule is Nc1nnccc1-c1cccnc1. The number of nitrogen functional groups attached to an aromatic ring is 1. The molecule has 13 heavy (non-hydrogen) atoms. The summed E-state index contributed by atoms with van der Waals surface area (Å²) in [5.74, 6) is 0.426. The number of hydrogen-bond donors (Lipinski definition) is 1. The van der Waals surface area contributed by atoms with Crippen LogP contribution in [0.25, 0.3) is 11.1 Å². The van der Waals surface area contributed by atoms with Crippen LogP contribution in [0.2, 0.25) is 0 Å². The van der Waals surface area contributed by atoms with E-state index in [9.17, 15) is 0 Å². The fourth-order valence-corrected chi connectivity index (χ4v) is 1.11. The number of nitrogens with two attached hydrogens (primary N) is 1. The maximum atomic E-state index is 5.65. The van der Waals surface area contributed by atoms with Crippen LogP contribution in [0.3, 0.4) is 0 Å². The van der Waals surface area contributed by atoms with Crippen LogP contribution < -0.4 is 5.73 Å². The van der Waals surface area contributed by atoms with Crippen molar-refractivity contribution in [3.05, 3.63) is 36.8 Å². The maximum absolute atomic E-state index is 5.65. The lowest BCUT2D eigenvalue weighted by atomic mass is 10.1. The second-order valence-corrected chi connectivity index (χ2v) is 2.57. The van der Waals surface area contributed by atoms with E-state index in [4.69, 9.17) is 5.73 Å². The van der Waals surface area contributed by atoms with E-state index < -0.39 is 0 Å². The Morgan fingerprint density at radius 1 is 1.15 bits per heavy atom. The van der Waals surface area contributed by atoms with Crippen molar-refractivity contribution in [3.8, 4) is 11.1 Å². The van der Waals surface area contributed by atoms with Crippen LogP contribution in [-0.4, -0.2) is 15.2 Å². The second-order valence-electron chi connectivity index (χ2n) is 2.57. The lowest BCUT2D eigenvalue weighted by Gasteiger charge is -2.01. The summed E-state index contributed by atoms with van der Waals surface area (Å²) < 4.78 is 0. The zero-order chi connectivity index (χ0) is 9.10. The minimum Gasteiger partial charge on any atom is -0.382 e. The molecule has 64 valence electrons. The van der Waals surface area contributed by atoms with Gasteiger partial charge in [-0.15, -0.1) is 5.10 Å². The van der Waals surface area contributed by atoms with Crippen LogP contribution in [0.15, 0.2) is 36.8 Å². The molecule has 0 saturated carbocycles. The Balaban J connectivity index is 2.54. The Labute approximate surface area is 75.5 Å². The monoisotopic (exact) mass is 172 g/mol. The third-order valence-corrected chi connectivity index (χ3v) is 1.72. The normalized spacial score (nSPS) is 9.85. The molecule has 0 unspecified atom stereocenters. The number of pyridine rings is 1. The number of hydrogen-bond acceptors (Lipinski definition) is 4. The first-order chi connectivity index (χ1) is 6.38. The van der Waals surface area contributed by atoms with Crippen LogP contribution in [0.5, 0.6) is 0 Å². The van der Waals surface area contributed by atoms with Gasteiger partial charge in [-0.05, 0) is 12.1 Å². The van der Waals surface area contributed by atoms with Gasteiger partial charge >= 0.3 is 0 Å². The molecule has 4 heteroatoms. The van der Waals surface area contributed by atoms with Crippen LogP contribution in [0.1, 0.15) is 0 Å². The van der Waals surface area contributed by atoms with Gasteiger partial charge in [-0.3, -0.25) is 4.98 Å². The highest BCUT2D eigenvalue weighted by Gasteiger charge is 2.01. The summed E-state index contributed by atoms with van der Waals surface area (Å²) in [6.07, 6.45) is 5.07. The smallest absolute Gasteiger partial charge is 0.154 e. The van der Waals surface area contributed by atoms with Crippen LogP contribution in [0.4, 0.5) is 5.82 Å². The average molecular weight is 172 g/mol.